The number of rotatable bonds is 1. The maximum absolute atomic E-state index is 4.17. The minimum absolute atomic E-state index is 0.781. The fraction of sp³-hybridized carbons (Fsp3) is 0.714. The lowest BCUT2D eigenvalue weighted by atomic mass is 9.65. The first-order valence-electron chi connectivity index (χ1n) is 6.01. The van der Waals surface area contributed by atoms with Crippen LogP contribution < -0.4 is 0 Å². The topological polar surface area (TPSA) is 0 Å². The normalized spacial score (nSPS) is 37.3. The Kier molecular flexibility index (Phi) is 2.80. The smallest absolute Gasteiger partial charge is 0.0137 e. The molecule has 2 aliphatic rings. The van der Waals surface area contributed by atoms with Crippen molar-refractivity contribution in [1.82, 2.24) is 0 Å². The molecule has 0 aromatic rings. The summed E-state index contributed by atoms with van der Waals surface area (Å²) in [5, 5.41) is 0. The molecule has 0 spiro atoms. The molecule has 1 fully saturated rings. The molecule has 1 saturated carbocycles. The lowest BCUT2D eigenvalue weighted by Crippen LogP contribution is -2.29. The minimum atomic E-state index is 0.781. The van der Waals surface area contributed by atoms with Gasteiger partial charge in [0.15, 0.2) is 0 Å². The Bertz CT molecular complexity index is 259. The van der Waals surface area contributed by atoms with E-state index < -0.39 is 0 Å². The molecule has 0 heterocycles. The summed E-state index contributed by atoms with van der Waals surface area (Å²) in [6.07, 6.45) is 9.57. The third kappa shape index (κ3) is 1.80. The average molecular weight is 190 g/mol. The van der Waals surface area contributed by atoms with Gasteiger partial charge in [0, 0.05) is 0 Å². The summed E-state index contributed by atoms with van der Waals surface area (Å²) in [5.74, 6) is 2.58. The molecule has 2 rings (SSSR count). The van der Waals surface area contributed by atoms with E-state index in [1.165, 1.54) is 37.7 Å². The molecular formula is C14H22. The number of hydrogen-bond donors (Lipinski definition) is 0. The molecule has 0 bridgehead atoms. The van der Waals surface area contributed by atoms with Crippen LogP contribution in [0.5, 0.6) is 0 Å². The van der Waals surface area contributed by atoms with Crippen LogP contribution in [-0.2, 0) is 0 Å². The molecule has 0 aromatic heterocycles. The van der Waals surface area contributed by atoms with Crippen LogP contribution in [0.1, 0.15) is 46.0 Å². The van der Waals surface area contributed by atoms with Gasteiger partial charge in [-0.15, -0.1) is 0 Å². The molecule has 0 N–H and O–H groups in total. The highest BCUT2D eigenvalue weighted by Gasteiger charge is 2.33. The summed E-state index contributed by atoms with van der Waals surface area (Å²) in [7, 11) is 0. The summed E-state index contributed by atoms with van der Waals surface area (Å²) in [6.45, 7) is 8.67. The van der Waals surface area contributed by atoms with Crippen molar-refractivity contribution >= 4 is 0 Å². The van der Waals surface area contributed by atoms with Crippen LogP contribution in [0.3, 0.4) is 0 Å². The molecule has 0 radical (unpaired) electrons. The third-order valence-corrected chi connectivity index (χ3v) is 4.12. The Morgan fingerprint density at radius 1 is 1.36 bits per heavy atom. The average Bonchev–Trinajstić information content (AvgIpc) is 2.16. The second-order valence-electron chi connectivity index (χ2n) is 5.27. The van der Waals surface area contributed by atoms with Gasteiger partial charge in [0.1, 0.15) is 0 Å². The van der Waals surface area contributed by atoms with E-state index in [-0.39, 0.29) is 0 Å². The standard InChI is InChI=1S/C14H22/c1-10(2)13-6-4-5-12-8-7-11(3)9-14(12)13/h9,12-14H,1,4-8H2,2-3H3/t12-,13?,14+/m1/s1. The molecule has 0 aromatic carbocycles. The van der Waals surface area contributed by atoms with Gasteiger partial charge in [-0.2, -0.15) is 0 Å². The maximum atomic E-state index is 4.17. The van der Waals surface area contributed by atoms with Gasteiger partial charge in [0.25, 0.3) is 0 Å². The molecule has 0 aliphatic heterocycles. The van der Waals surface area contributed by atoms with Crippen LogP contribution in [0.15, 0.2) is 23.8 Å². The van der Waals surface area contributed by atoms with Crippen molar-refractivity contribution in [3.05, 3.63) is 23.8 Å². The van der Waals surface area contributed by atoms with Crippen molar-refractivity contribution in [3.63, 3.8) is 0 Å². The number of allylic oxidation sites excluding steroid dienone is 3. The van der Waals surface area contributed by atoms with Crippen LogP contribution in [0, 0.1) is 17.8 Å². The summed E-state index contributed by atoms with van der Waals surface area (Å²) >= 11 is 0. The van der Waals surface area contributed by atoms with E-state index in [0.717, 1.165) is 17.8 Å². The predicted molar refractivity (Wildman–Crippen MR) is 62.1 cm³/mol. The number of hydrogen-bond acceptors (Lipinski definition) is 0. The molecular weight excluding hydrogens is 168 g/mol. The second kappa shape index (κ2) is 3.92. The Morgan fingerprint density at radius 3 is 2.86 bits per heavy atom. The van der Waals surface area contributed by atoms with E-state index in [2.05, 4.69) is 26.5 Å². The van der Waals surface area contributed by atoms with E-state index in [0.29, 0.717) is 0 Å². The Labute approximate surface area is 88.1 Å². The van der Waals surface area contributed by atoms with Crippen molar-refractivity contribution in [3.8, 4) is 0 Å². The highest BCUT2D eigenvalue weighted by Crippen LogP contribution is 2.44. The Balaban J connectivity index is 2.19. The van der Waals surface area contributed by atoms with Gasteiger partial charge >= 0.3 is 0 Å². The Morgan fingerprint density at radius 2 is 2.14 bits per heavy atom. The minimum Gasteiger partial charge on any atom is -0.0998 e. The molecule has 78 valence electrons. The molecule has 14 heavy (non-hydrogen) atoms. The fourth-order valence-corrected chi connectivity index (χ4v) is 3.30. The maximum Gasteiger partial charge on any atom is -0.0137 e. The van der Waals surface area contributed by atoms with E-state index in [1.54, 1.807) is 5.57 Å². The van der Waals surface area contributed by atoms with Gasteiger partial charge in [0.05, 0.1) is 0 Å². The first-order chi connectivity index (χ1) is 6.68. The van der Waals surface area contributed by atoms with E-state index in [9.17, 15) is 0 Å². The van der Waals surface area contributed by atoms with Crippen molar-refractivity contribution in [2.24, 2.45) is 17.8 Å². The predicted octanol–water partition coefficient (Wildman–Crippen LogP) is 4.34. The number of fused-ring (bicyclic) bond motifs is 1. The molecule has 0 heteroatoms. The monoisotopic (exact) mass is 190 g/mol. The lowest BCUT2D eigenvalue weighted by Gasteiger charge is -2.40. The second-order valence-corrected chi connectivity index (χ2v) is 5.27. The van der Waals surface area contributed by atoms with E-state index in [4.69, 9.17) is 0 Å². The van der Waals surface area contributed by atoms with Crippen molar-refractivity contribution in [1.29, 1.82) is 0 Å². The van der Waals surface area contributed by atoms with Crippen LogP contribution in [-0.4, -0.2) is 0 Å². The van der Waals surface area contributed by atoms with Gasteiger partial charge in [0.2, 0.25) is 0 Å². The molecule has 3 atom stereocenters. The third-order valence-electron chi connectivity index (χ3n) is 4.12. The van der Waals surface area contributed by atoms with Crippen LogP contribution in [0.2, 0.25) is 0 Å². The fourth-order valence-electron chi connectivity index (χ4n) is 3.30. The van der Waals surface area contributed by atoms with Gasteiger partial charge in [-0.1, -0.05) is 30.2 Å². The quantitative estimate of drug-likeness (QED) is 0.540. The zero-order chi connectivity index (χ0) is 10.1. The molecule has 0 amide bonds. The lowest BCUT2D eigenvalue weighted by molar-refractivity contribution is 0.199. The van der Waals surface area contributed by atoms with E-state index >= 15 is 0 Å². The van der Waals surface area contributed by atoms with Gasteiger partial charge in [-0.05, 0) is 57.3 Å². The van der Waals surface area contributed by atoms with E-state index in [1.807, 2.05) is 0 Å². The van der Waals surface area contributed by atoms with Crippen molar-refractivity contribution < 1.29 is 0 Å². The first kappa shape index (κ1) is 10.0. The van der Waals surface area contributed by atoms with Crippen LogP contribution in [0.4, 0.5) is 0 Å². The first-order valence-corrected chi connectivity index (χ1v) is 6.01. The van der Waals surface area contributed by atoms with Crippen molar-refractivity contribution in [2.75, 3.05) is 0 Å². The highest BCUT2D eigenvalue weighted by atomic mass is 14.4. The van der Waals surface area contributed by atoms with Crippen LogP contribution >= 0.6 is 0 Å². The largest absolute Gasteiger partial charge is 0.0998 e. The van der Waals surface area contributed by atoms with Gasteiger partial charge in [-0.25, -0.2) is 0 Å². The summed E-state index contributed by atoms with van der Waals surface area (Å²) in [5.41, 5.74) is 3.02. The van der Waals surface area contributed by atoms with Crippen molar-refractivity contribution in [2.45, 2.75) is 46.0 Å². The summed E-state index contributed by atoms with van der Waals surface area (Å²) < 4.78 is 0. The SMILES string of the molecule is C=C(C)C1CCC[C@@H]2CCC(C)=C[C@H]12. The molecule has 1 unspecified atom stereocenters. The zero-order valence-electron chi connectivity index (χ0n) is 9.55. The molecule has 0 nitrogen and oxygen atoms in total. The molecule has 2 aliphatic carbocycles. The Hall–Kier alpha value is -0.520. The summed E-state index contributed by atoms with van der Waals surface area (Å²) in [6, 6.07) is 0. The molecule has 0 saturated heterocycles. The van der Waals surface area contributed by atoms with Crippen LogP contribution in [0.25, 0.3) is 0 Å². The zero-order valence-corrected chi connectivity index (χ0v) is 9.55. The highest BCUT2D eigenvalue weighted by molar-refractivity contribution is 5.14. The van der Waals surface area contributed by atoms with Gasteiger partial charge in [-0.3, -0.25) is 0 Å². The summed E-state index contributed by atoms with van der Waals surface area (Å²) in [4.78, 5) is 0. The van der Waals surface area contributed by atoms with Gasteiger partial charge < -0.3 is 0 Å².